The molecule has 0 amide bonds. The van der Waals surface area contributed by atoms with E-state index in [1.54, 1.807) is 6.26 Å². The van der Waals surface area contributed by atoms with Gasteiger partial charge in [-0.15, -0.1) is 0 Å². The molecule has 0 fully saturated rings. The number of benzene rings is 3. The molecule has 27 heavy (non-hydrogen) atoms. The molecule has 134 valence electrons. The first-order valence-corrected chi connectivity index (χ1v) is 9.20. The summed E-state index contributed by atoms with van der Waals surface area (Å²) in [7, 11) is 0. The first kappa shape index (κ1) is 17.4. The second-order valence-corrected chi connectivity index (χ2v) is 6.71. The topological polar surface area (TPSA) is 29.3 Å². The summed E-state index contributed by atoms with van der Waals surface area (Å²) < 4.78 is 5.70. The molecule has 1 heterocycles. The molecule has 0 bridgehead atoms. The number of anilines is 1. The highest BCUT2D eigenvalue weighted by Gasteiger charge is 2.14. The molecule has 0 spiro atoms. The van der Waals surface area contributed by atoms with Gasteiger partial charge >= 0.3 is 0 Å². The number of hydrogen-bond acceptors (Lipinski definition) is 3. The van der Waals surface area contributed by atoms with Crippen molar-refractivity contribution in [2.75, 3.05) is 4.90 Å². The van der Waals surface area contributed by atoms with E-state index in [1.807, 2.05) is 48.5 Å². The summed E-state index contributed by atoms with van der Waals surface area (Å²) >= 11 is 6.27. The Hall–Kier alpha value is -3.04. The van der Waals surface area contributed by atoms with Crippen molar-refractivity contribution in [1.29, 1.82) is 0 Å². The Bertz CT molecular complexity index is 999. The third-order valence-electron chi connectivity index (χ3n) is 4.35. The summed E-state index contributed by atoms with van der Waals surface area (Å²) in [5.41, 5.74) is 4.06. The zero-order valence-electron chi connectivity index (χ0n) is 14.8. The maximum Gasteiger partial charge on any atom is 0.227 e. The highest BCUT2D eigenvalue weighted by atomic mass is 35.5. The average molecular weight is 375 g/mol. The van der Waals surface area contributed by atoms with E-state index in [1.165, 1.54) is 5.56 Å². The number of oxazole rings is 1. The van der Waals surface area contributed by atoms with Gasteiger partial charge in [0.2, 0.25) is 5.89 Å². The van der Waals surface area contributed by atoms with Crippen molar-refractivity contribution < 1.29 is 4.42 Å². The van der Waals surface area contributed by atoms with Gasteiger partial charge in [0.1, 0.15) is 6.26 Å². The second-order valence-electron chi connectivity index (χ2n) is 6.30. The minimum atomic E-state index is 0.545. The molecule has 3 aromatic carbocycles. The van der Waals surface area contributed by atoms with Crippen LogP contribution in [0.5, 0.6) is 0 Å². The molecule has 4 rings (SSSR count). The lowest BCUT2D eigenvalue weighted by atomic mass is 10.2. The van der Waals surface area contributed by atoms with Crippen LogP contribution in [0.3, 0.4) is 0 Å². The van der Waals surface area contributed by atoms with Crippen molar-refractivity contribution in [1.82, 2.24) is 4.98 Å². The fraction of sp³-hybridized carbons (Fsp3) is 0.0870. The first-order valence-electron chi connectivity index (χ1n) is 8.83. The number of rotatable bonds is 6. The highest BCUT2D eigenvalue weighted by molar-refractivity contribution is 6.33. The molecular formula is C23H19ClN2O. The lowest BCUT2D eigenvalue weighted by Gasteiger charge is -2.24. The van der Waals surface area contributed by atoms with E-state index >= 15 is 0 Å². The van der Waals surface area contributed by atoms with Crippen LogP contribution in [-0.2, 0) is 13.1 Å². The summed E-state index contributed by atoms with van der Waals surface area (Å²) in [5, 5.41) is 0.634. The van der Waals surface area contributed by atoms with Crippen molar-refractivity contribution in [3.63, 3.8) is 0 Å². The fourth-order valence-electron chi connectivity index (χ4n) is 3.01. The van der Waals surface area contributed by atoms with Gasteiger partial charge in [0.25, 0.3) is 0 Å². The van der Waals surface area contributed by atoms with Crippen LogP contribution >= 0.6 is 11.6 Å². The molecule has 0 saturated carbocycles. The zero-order valence-corrected chi connectivity index (χ0v) is 15.5. The fourth-order valence-corrected chi connectivity index (χ4v) is 3.23. The molecule has 0 aliphatic heterocycles. The number of aromatic nitrogens is 1. The molecule has 0 saturated heterocycles. The maximum atomic E-state index is 6.27. The standard InChI is InChI=1S/C23H19ClN2O/c24-22-14-8-7-13-21(22)23-25-19(17-27-23)16-26(20-11-5-2-6-12-20)15-18-9-3-1-4-10-18/h1-14,17H,15-16H2. The van der Waals surface area contributed by atoms with Crippen molar-refractivity contribution >= 4 is 17.3 Å². The minimum Gasteiger partial charge on any atom is -0.444 e. The summed E-state index contributed by atoms with van der Waals surface area (Å²) in [6.07, 6.45) is 1.71. The Morgan fingerprint density at radius 3 is 2.19 bits per heavy atom. The molecule has 0 aliphatic carbocycles. The molecule has 0 N–H and O–H groups in total. The SMILES string of the molecule is Clc1ccccc1-c1nc(CN(Cc2ccccc2)c2ccccc2)co1. The third kappa shape index (κ3) is 4.21. The highest BCUT2D eigenvalue weighted by Crippen LogP contribution is 2.27. The monoisotopic (exact) mass is 374 g/mol. The number of para-hydroxylation sites is 1. The Balaban J connectivity index is 1.60. The molecular weight excluding hydrogens is 356 g/mol. The van der Waals surface area contributed by atoms with Crippen LogP contribution in [-0.4, -0.2) is 4.98 Å². The maximum absolute atomic E-state index is 6.27. The van der Waals surface area contributed by atoms with Gasteiger partial charge in [-0.05, 0) is 29.8 Å². The van der Waals surface area contributed by atoms with Crippen molar-refractivity contribution in [2.24, 2.45) is 0 Å². The summed E-state index contributed by atoms with van der Waals surface area (Å²) in [4.78, 5) is 6.94. The molecule has 0 radical (unpaired) electrons. The molecule has 4 aromatic rings. The summed E-state index contributed by atoms with van der Waals surface area (Å²) in [6.45, 7) is 1.44. The van der Waals surface area contributed by atoms with E-state index in [-0.39, 0.29) is 0 Å². The molecule has 0 aliphatic rings. The lowest BCUT2D eigenvalue weighted by Crippen LogP contribution is -2.22. The molecule has 3 nitrogen and oxygen atoms in total. The largest absolute Gasteiger partial charge is 0.444 e. The van der Waals surface area contributed by atoms with Crippen LogP contribution in [0, 0.1) is 0 Å². The first-order chi connectivity index (χ1) is 13.3. The average Bonchev–Trinajstić information content (AvgIpc) is 3.18. The van der Waals surface area contributed by atoms with Crippen molar-refractivity contribution in [3.8, 4) is 11.5 Å². The normalized spacial score (nSPS) is 10.7. The van der Waals surface area contributed by atoms with E-state index in [4.69, 9.17) is 16.0 Å². The van der Waals surface area contributed by atoms with E-state index in [9.17, 15) is 0 Å². The molecule has 0 atom stereocenters. The van der Waals surface area contributed by atoms with Crippen LogP contribution in [0.25, 0.3) is 11.5 Å². The summed E-state index contributed by atoms with van der Waals surface area (Å²) in [5.74, 6) is 0.545. The lowest BCUT2D eigenvalue weighted by molar-refractivity contribution is 0.572. The van der Waals surface area contributed by atoms with Gasteiger partial charge in [0.15, 0.2) is 0 Å². The van der Waals surface area contributed by atoms with Gasteiger partial charge in [-0.25, -0.2) is 4.98 Å². The molecule has 4 heteroatoms. The van der Waals surface area contributed by atoms with Gasteiger partial charge < -0.3 is 9.32 Å². The Morgan fingerprint density at radius 1 is 0.778 bits per heavy atom. The van der Waals surface area contributed by atoms with Crippen molar-refractivity contribution in [2.45, 2.75) is 13.1 Å². The van der Waals surface area contributed by atoms with Crippen LogP contribution in [0.1, 0.15) is 11.3 Å². The van der Waals surface area contributed by atoms with Crippen molar-refractivity contribution in [3.05, 3.63) is 107 Å². The Kier molecular flexibility index (Phi) is 5.22. The van der Waals surface area contributed by atoms with Gasteiger partial charge in [0, 0.05) is 12.2 Å². The Labute approximate surface area is 163 Å². The van der Waals surface area contributed by atoms with Gasteiger partial charge in [0.05, 0.1) is 22.8 Å². The minimum absolute atomic E-state index is 0.545. The number of nitrogens with zero attached hydrogens (tertiary/aromatic N) is 2. The second kappa shape index (κ2) is 8.11. The van der Waals surface area contributed by atoms with Gasteiger partial charge in [-0.3, -0.25) is 0 Å². The van der Waals surface area contributed by atoms with Crippen LogP contribution in [0.15, 0.2) is 95.6 Å². The molecule has 0 unspecified atom stereocenters. The van der Waals surface area contributed by atoms with Crippen LogP contribution in [0.2, 0.25) is 5.02 Å². The third-order valence-corrected chi connectivity index (χ3v) is 4.68. The number of hydrogen-bond donors (Lipinski definition) is 0. The van der Waals surface area contributed by atoms with Crippen LogP contribution in [0.4, 0.5) is 5.69 Å². The number of halogens is 1. The molecule has 1 aromatic heterocycles. The van der Waals surface area contributed by atoms with Gasteiger partial charge in [-0.1, -0.05) is 72.3 Å². The van der Waals surface area contributed by atoms with Gasteiger partial charge in [-0.2, -0.15) is 0 Å². The predicted molar refractivity (Wildman–Crippen MR) is 110 cm³/mol. The van der Waals surface area contributed by atoms with E-state index in [2.05, 4.69) is 46.3 Å². The van der Waals surface area contributed by atoms with E-state index in [0.717, 1.165) is 23.5 Å². The quantitative estimate of drug-likeness (QED) is 0.402. The van der Waals surface area contributed by atoms with Crippen LogP contribution < -0.4 is 4.90 Å². The predicted octanol–water partition coefficient (Wildman–Crippen LogP) is 6.20. The summed E-state index contributed by atoms with van der Waals surface area (Å²) in [6, 6.07) is 28.3. The van der Waals surface area contributed by atoms with E-state index < -0.39 is 0 Å². The zero-order chi connectivity index (χ0) is 18.5. The van der Waals surface area contributed by atoms with E-state index in [0.29, 0.717) is 17.5 Å². The smallest absolute Gasteiger partial charge is 0.227 e. The Morgan fingerprint density at radius 2 is 1.44 bits per heavy atom.